The van der Waals surface area contributed by atoms with Gasteiger partial charge in [0.05, 0.1) is 0 Å². The summed E-state index contributed by atoms with van der Waals surface area (Å²) in [5.41, 5.74) is 0. The Morgan fingerprint density at radius 1 is 1.27 bits per heavy atom. The Morgan fingerprint density at radius 2 is 1.93 bits per heavy atom. The quantitative estimate of drug-likeness (QED) is 0.698. The van der Waals surface area contributed by atoms with Crippen LogP contribution in [0.5, 0.6) is 0 Å². The highest BCUT2D eigenvalue weighted by Crippen LogP contribution is 2.24. The highest BCUT2D eigenvalue weighted by molar-refractivity contribution is 4.81. The van der Waals surface area contributed by atoms with Gasteiger partial charge in [-0.25, -0.2) is 0 Å². The summed E-state index contributed by atoms with van der Waals surface area (Å²) in [5, 5.41) is 3.50. The van der Waals surface area contributed by atoms with E-state index in [1.165, 1.54) is 38.5 Å². The molecule has 0 aromatic rings. The maximum Gasteiger partial charge on any atom is 0.0220 e. The molecule has 0 aromatic carbocycles. The van der Waals surface area contributed by atoms with Crippen LogP contribution < -0.4 is 5.32 Å². The van der Waals surface area contributed by atoms with Gasteiger partial charge in [0.25, 0.3) is 0 Å². The molecular weight excluding hydrogens is 184 g/mol. The molecule has 1 unspecified atom stereocenters. The summed E-state index contributed by atoms with van der Waals surface area (Å²) in [5.74, 6) is 0. The zero-order valence-electron chi connectivity index (χ0n) is 10.8. The third kappa shape index (κ3) is 4.12. The van der Waals surface area contributed by atoms with E-state index in [2.05, 4.69) is 31.1 Å². The lowest BCUT2D eigenvalue weighted by Gasteiger charge is -2.33. The fraction of sp³-hybridized carbons (Fsp3) is 1.00. The lowest BCUT2D eigenvalue weighted by atomic mass is 10.1. The van der Waals surface area contributed by atoms with Crippen molar-refractivity contribution in [2.75, 3.05) is 20.1 Å². The number of likely N-dealkylation sites (N-methyl/N-ethyl adjacent to an activating group) is 2. The lowest BCUT2D eigenvalue weighted by molar-refractivity contribution is 0.162. The minimum absolute atomic E-state index is 0.748. The third-order valence-corrected chi connectivity index (χ3v) is 3.73. The van der Waals surface area contributed by atoms with Crippen LogP contribution in [0, 0.1) is 0 Å². The van der Waals surface area contributed by atoms with Crippen molar-refractivity contribution in [1.82, 2.24) is 10.2 Å². The summed E-state index contributed by atoms with van der Waals surface area (Å²) >= 11 is 0. The molecule has 0 radical (unpaired) electrons. The number of rotatable bonds is 7. The molecule has 1 aliphatic carbocycles. The maximum atomic E-state index is 3.50. The molecule has 1 saturated carbocycles. The molecule has 90 valence electrons. The molecule has 1 fully saturated rings. The van der Waals surface area contributed by atoms with Gasteiger partial charge in [-0.05, 0) is 32.9 Å². The van der Waals surface area contributed by atoms with E-state index in [4.69, 9.17) is 0 Å². The fourth-order valence-corrected chi connectivity index (χ4v) is 2.70. The summed E-state index contributed by atoms with van der Waals surface area (Å²) in [6.07, 6.45) is 8.35. The van der Waals surface area contributed by atoms with Crippen molar-refractivity contribution >= 4 is 0 Å². The van der Waals surface area contributed by atoms with Crippen LogP contribution >= 0.6 is 0 Å². The second kappa shape index (κ2) is 7.24. The van der Waals surface area contributed by atoms with Gasteiger partial charge in [-0.2, -0.15) is 0 Å². The van der Waals surface area contributed by atoms with Crippen molar-refractivity contribution in [3.8, 4) is 0 Å². The zero-order valence-corrected chi connectivity index (χ0v) is 10.8. The standard InChI is InChI=1S/C13H28N2/c1-4-8-13(11-14-5-2)15(3)12-9-6-7-10-12/h12-14H,4-11H2,1-3H3. The molecule has 1 aliphatic rings. The molecule has 2 heteroatoms. The van der Waals surface area contributed by atoms with Crippen LogP contribution in [0.15, 0.2) is 0 Å². The number of nitrogens with zero attached hydrogens (tertiary/aromatic N) is 1. The van der Waals surface area contributed by atoms with Crippen LogP contribution in [0.4, 0.5) is 0 Å². The first-order valence-corrected chi connectivity index (χ1v) is 6.72. The molecule has 0 aromatic heterocycles. The van der Waals surface area contributed by atoms with Crippen LogP contribution in [0.1, 0.15) is 52.4 Å². The Bertz CT molecular complexity index is 153. The smallest absolute Gasteiger partial charge is 0.0220 e. The van der Waals surface area contributed by atoms with Crippen LogP contribution in [-0.2, 0) is 0 Å². The van der Waals surface area contributed by atoms with Gasteiger partial charge < -0.3 is 5.32 Å². The Morgan fingerprint density at radius 3 is 2.47 bits per heavy atom. The first-order chi connectivity index (χ1) is 7.29. The Kier molecular flexibility index (Phi) is 6.26. The highest BCUT2D eigenvalue weighted by atomic mass is 15.2. The summed E-state index contributed by atoms with van der Waals surface area (Å²) in [7, 11) is 2.33. The number of nitrogens with one attached hydrogen (secondary N) is 1. The molecule has 1 N–H and O–H groups in total. The summed E-state index contributed by atoms with van der Waals surface area (Å²) in [4.78, 5) is 2.64. The number of hydrogen-bond donors (Lipinski definition) is 1. The van der Waals surface area contributed by atoms with E-state index in [0.29, 0.717) is 0 Å². The molecule has 15 heavy (non-hydrogen) atoms. The Labute approximate surface area is 95.4 Å². The Balaban J connectivity index is 2.37. The van der Waals surface area contributed by atoms with E-state index in [1.54, 1.807) is 0 Å². The second-order valence-corrected chi connectivity index (χ2v) is 4.85. The normalized spacial score (nSPS) is 20.0. The lowest BCUT2D eigenvalue weighted by Crippen LogP contribution is -2.44. The number of hydrogen-bond acceptors (Lipinski definition) is 2. The zero-order chi connectivity index (χ0) is 11.1. The van der Waals surface area contributed by atoms with Crippen LogP contribution in [0.2, 0.25) is 0 Å². The molecule has 0 amide bonds. The largest absolute Gasteiger partial charge is 0.315 e. The van der Waals surface area contributed by atoms with Crippen LogP contribution in [0.25, 0.3) is 0 Å². The van der Waals surface area contributed by atoms with Gasteiger partial charge in [0.1, 0.15) is 0 Å². The predicted octanol–water partition coefficient (Wildman–Crippen LogP) is 2.64. The van der Waals surface area contributed by atoms with E-state index in [0.717, 1.165) is 25.2 Å². The second-order valence-electron chi connectivity index (χ2n) is 4.85. The van der Waals surface area contributed by atoms with Crippen molar-refractivity contribution < 1.29 is 0 Å². The van der Waals surface area contributed by atoms with E-state index in [-0.39, 0.29) is 0 Å². The van der Waals surface area contributed by atoms with Gasteiger partial charge in [-0.1, -0.05) is 33.1 Å². The van der Waals surface area contributed by atoms with Gasteiger partial charge in [-0.3, -0.25) is 4.90 Å². The molecule has 1 atom stereocenters. The monoisotopic (exact) mass is 212 g/mol. The van der Waals surface area contributed by atoms with Crippen molar-refractivity contribution in [1.29, 1.82) is 0 Å². The van der Waals surface area contributed by atoms with Gasteiger partial charge in [0, 0.05) is 18.6 Å². The van der Waals surface area contributed by atoms with Crippen LogP contribution in [0.3, 0.4) is 0 Å². The SMILES string of the molecule is CCCC(CNCC)N(C)C1CCCC1. The van der Waals surface area contributed by atoms with Crippen molar-refractivity contribution in [2.45, 2.75) is 64.5 Å². The van der Waals surface area contributed by atoms with Crippen molar-refractivity contribution in [2.24, 2.45) is 0 Å². The van der Waals surface area contributed by atoms with Gasteiger partial charge in [0.2, 0.25) is 0 Å². The van der Waals surface area contributed by atoms with E-state index >= 15 is 0 Å². The maximum absolute atomic E-state index is 3.50. The Hall–Kier alpha value is -0.0800. The molecule has 0 aliphatic heterocycles. The van der Waals surface area contributed by atoms with Crippen molar-refractivity contribution in [3.63, 3.8) is 0 Å². The summed E-state index contributed by atoms with van der Waals surface area (Å²) in [6.45, 7) is 6.75. The van der Waals surface area contributed by atoms with E-state index in [9.17, 15) is 0 Å². The van der Waals surface area contributed by atoms with Crippen molar-refractivity contribution in [3.05, 3.63) is 0 Å². The fourth-order valence-electron chi connectivity index (χ4n) is 2.70. The van der Waals surface area contributed by atoms with Crippen LogP contribution in [-0.4, -0.2) is 37.1 Å². The van der Waals surface area contributed by atoms with Gasteiger partial charge in [0.15, 0.2) is 0 Å². The molecular formula is C13H28N2. The topological polar surface area (TPSA) is 15.3 Å². The summed E-state index contributed by atoms with van der Waals surface area (Å²) < 4.78 is 0. The molecule has 2 nitrogen and oxygen atoms in total. The molecule has 1 rings (SSSR count). The minimum atomic E-state index is 0.748. The predicted molar refractivity (Wildman–Crippen MR) is 67.3 cm³/mol. The average molecular weight is 212 g/mol. The highest BCUT2D eigenvalue weighted by Gasteiger charge is 2.24. The summed E-state index contributed by atoms with van der Waals surface area (Å²) in [6, 6.07) is 1.61. The van der Waals surface area contributed by atoms with E-state index < -0.39 is 0 Å². The first-order valence-electron chi connectivity index (χ1n) is 6.72. The average Bonchev–Trinajstić information content (AvgIpc) is 2.76. The molecule has 0 saturated heterocycles. The molecule has 0 heterocycles. The first kappa shape index (κ1) is 13.0. The third-order valence-electron chi connectivity index (χ3n) is 3.73. The molecule has 0 spiro atoms. The van der Waals surface area contributed by atoms with E-state index in [1.807, 2.05) is 0 Å². The van der Waals surface area contributed by atoms with Gasteiger partial charge in [-0.15, -0.1) is 0 Å². The van der Waals surface area contributed by atoms with Gasteiger partial charge >= 0.3 is 0 Å². The minimum Gasteiger partial charge on any atom is -0.315 e. The molecule has 0 bridgehead atoms.